The summed E-state index contributed by atoms with van der Waals surface area (Å²) < 4.78 is 28.4. The van der Waals surface area contributed by atoms with Crippen LogP contribution >= 0.6 is 11.6 Å². The maximum absolute atomic E-state index is 13.4. The van der Waals surface area contributed by atoms with Crippen LogP contribution in [0.1, 0.15) is 31.2 Å². The molecular formula is C21H25ClN4O3S. The lowest BCUT2D eigenvalue weighted by Crippen LogP contribution is -2.49. The van der Waals surface area contributed by atoms with Gasteiger partial charge in [-0.05, 0) is 54.8 Å². The van der Waals surface area contributed by atoms with Gasteiger partial charge in [-0.1, -0.05) is 23.7 Å². The van der Waals surface area contributed by atoms with Gasteiger partial charge < -0.3 is 5.32 Å². The van der Waals surface area contributed by atoms with E-state index in [1.807, 2.05) is 24.3 Å². The average molecular weight is 449 g/mol. The van der Waals surface area contributed by atoms with Crippen LogP contribution in [-0.4, -0.2) is 43.8 Å². The summed E-state index contributed by atoms with van der Waals surface area (Å²) in [5.74, 6) is -0.0799. The zero-order chi connectivity index (χ0) is 21.3. The molecule has 7 nitrogen and oxygen atoms in total. The maximum Gasteiger partial charge on any atom is 0.243 e. The van der Waals surface area contributed by atoms with Gasteiger partial charge in [-0.15, -0.1) is 0 Å². The highest BCUT2D eigenvalue weighted by atomic mass is 35.5. The van der Waals surface area contributed by atoms with Gasteiger partial charge in [0, 0.05) is 48.7 Å². The number of halogens is 1. The lowest BCUT2D eigenvalue weighted by Gasteiger charge is -2.32. The Morgan fingerprint density at radius 1 is 1.20 bits per heavy atom. The first kappa shape index (κ1) is 21.3. The summed E-state index contributed by atoms with van der Waals surface area (Å²) in [7, 11) is -3.66. The van der Waals surface area contributed by atoms with Crippen LogP contribution in [0, 0.1) is 0 Å². The minimum atomic E-state index is -3.66. The summed E-state index contributed by atoms with van der Waals surface area (Å²) >= 11 is 6.18. The van der Waals surface area contributed by atoms with E-state index in [-0.39, 0.29) is 28.8 Å². The highest BCUT2D eigenvalue weighted by Gasteiger charge is 2.44. The molecule has 0 bridgehead atoms. The third kappa shape index (κ3) is 4.24. The van der Waals surface area contributed by atoms with E-state index in [9.17, 15) is 13.2 Å². The van der Waals surface area contributed by atoms with Crippen LogP contribution in [0.2, 0.25) is 5.02 Å². The van der Waals surface area contributed by atoms with Crippen LogP contribution < -0.4 is 16.2 Å². The zero-order valence-electron chi connectivity index (χ0n) is 16.6. The molecule has 2 aromatic rings. The topological polar surface area (TPSA) is 90.5 Å². The molecule has 160 valence electrons. The monoisotopic (exact) mass is 448 g/mol. The number of hydrogen-bond acceptors (Lipinski definition) is 5. The summed E-state index contributed by atoms with van der Waals surface area (Å²) in [5.41, 5.74) is 8.17. The van der Waals surface area contributed by atoms with Crippen molar-refractivity contribution in [2.45, 2.75) is 42.7 Å². The molecular weight excluding hydrogens is 424 g/mol. The Morgan fingerprint density at radius 2 is 1.97 bits per heavy atom. The number of amides is 1. The third-order valence-electron chi connectivity index (χ3n) is 5.75. The number of rotatable bonds is 5. The van der Waals surface area contributed by atoms with Gasteiger partial charge in [0.05, 0.1) is 4.90 Å². The molecule has 0 radical (unpaired) electrons. The molecule has 0 spiro atoms. The minimum absolute atomic E-state index is 0.0561. The number of hydrogen-bond donors (Lipinski definition) is 3. The first-order valence-electron chi connectivity index (χ1n) is 9.99. The molecule has 2 aliphatic heterocycles. The van der Waals surface area contributed by atoms with Gasteiger partial charge in [0.25, 0.3) is 0 Å². The van der Waals surface area contributed by atoms with Crippen LogP contribution in [0.5, 0.6) is 0 Å². The first-order valence-corrected chi connectivity index (χ1v) is 11.8. The van der Waals surface area contributed by atoms with Crippen molar-refractivity contribution in [3.05, 3.63) is 59.1 Å². The maximum atomic E-state index is 13.4. The van der Waals surface area contributed by atoms with Gasteiger partial charge in [0.15, 0.2) is 0 Å². The van der Waals surface area contributed by atoms with E-state index in [4.69, 9.17) is 11.6 Å². The Labute approximate surface area is 181 Å². The van der Waals surface area contributed by atoms with Gasteiger partial charge in [0.1, 0.15) is 0 Å². The number of benzene rings is 2. The quantitative estimate of drug-likeness (QED) is 0.654. The summed E-state index contributed by atoms with van der Waals surface area (Å²) in [5, 5.41) is 3.33. The lowest BCUT2D eigenvalue weighted by molar-refractivity contribution is -0.114. The molecule has 3 unspecified atom stereocenters. The van der Waals surface area contributed by atoms with Crippen molar-refractivity contribution in [1.82, 2.24) is 15.2 Å². The molecule has 2 aliphatic rings. The largest absolute Gasteiger partial charge is 0.326 e. The summed E-state index contributed by atoms with van der Waals surface area (Å²) in [6.45, 7) is 2.61. The molecule has 0 saturated carbocycles. The Kier molecular flexibility index (Phi) is 6.13. The fourth-order valence-electron chi connectivity index (χ4n) is 4.41. The van der Waals surface area contributed by atoms with Crippen molar-refractivity contribution >= 4 is 33.2 Å². The highest BCUT2D eigenvalue weighted by Crippen LogP contribution is 2.35. The van der Waals surface area contributed by atoms with Crippen LogP contribution in [0.15, 0.2) is 53.4 Å². The predicted octanol–water partition coefficient (Wildman–Crippen LogP) is 2.71. The van der Waals surface area contributed by atoms with Gasteiger partial charge in [-0.2, -0.15) is 4.31 Å². The number of anilines is 1. The number of nitrogens with zero attached hydrogens (tertiary/aromatic N) is 1. The van der Waals surface area contributed by atoms with E-state index in [2.05, 4.69) is 16.2 Å². The van der Waals surface area contributed by atoms with Crippen molar-refractivity contribution in [2.75, 3.05) is 18.4 Å². The second-order valence-corrected chi connectivity index (χ2v) is 10.1. The summed E-state index contributed by atoms with van der Waals surface area (Å²) in [6, 6.07) is 13.8. The lowest BCUT2D eigenvalue weighted by atomic mass is 9.88. The highest BCUT2D eigenvalue weighted by molar-refractivity contribution is 7.89. The number of carbonyl (C=O) groups is 1. The van der Waals surface area contributed by atoms with Crippen molar-refractivity contribution in [3.63, 3.8) is 0 Å². The number of hydrazine groups is 1. The molecule has 2 heterocycles. The summed E-state index contributed by atoms with van der Waals surface area (Å²) in [4.78, 5) is 11.4. The van der Waals surface area contributed by atoms with Crippen LogP contribution in [0.25, 0.3) is 0 Å². The van der Waals surface area contributed by atoms with Crippen molar-refractivity contribution in [3.8, 4) is 0 Å². The van der Waals surface area contributed by atoms with Gasteiger partial charge in [-0.25, -0.2) is 8.42 Å². The van der Waals surface area contributed by atoms with E-state index >= 15 is 0 Å². The van der Waals surface area contributed by atoms with Gasteiger partial charge in [0.2, 0.25) is 15.9 Å². The first-order chi connectivity index (χ1) is 14.4. The minimum Gasteiger partial charge on any atom is -0.326 e. The number of sulfonamides is 1. The van der Waals surface area contributed by atoms with E-state index in [0.717, 1.165) is 18.4 Å². The zero-order valence-corrected chi connectivity index (χ0v) is 18.2. The smallest absolute Gasteiger partial charge is 0.243 e. The molecule has 2 saturated heterocycles. The van der Waals surface area contributed by atoms with E-state index < -0.39 is 10.0 Å². The second-order valence-electron chi connectivity index (χ2n) is 7.74. The average Bonchev–Trinajstić information content (AvgIpc) is 3.37. The predicted molar refractivity (Wildman–Crippen MR) is 117 cm³/mol. The van der Waals surface area contributed by atoms with E-state index in [0.29, 0.717) is 23.8 Å². The Morgan fingerprint density at radius 3 is 2.67 bits per heavy atom. The normalized spacial score (nSPS) is 24.8. The molecule has 9 heteroatoms. The fourth-order valence-corrected chi connectivity index (χ4v) is 6.33. The van der Waals surface area contributed by atoms with Gasteiger partial charge in [-0.3, -0.25) is 15.6 Å². The molecule has 3 atom stereocenters. The van der Waals surface area contributed by atoms with Crippen molar-refractivity contribution < 1.29 is 13.2 Å². The van der Waals surface area contributed by atoms with Gasteiger partial charge >= 0.3 is 0 Å². The molecule has 4 rings (SSSR count). The van der Waals surface area contributed by atoms with Crippen molar-refractivity contribution in [2.24, 2.45) is 0 Å². The Hall–Kier alpha value is -1.97. The molecule has 0 aromatic heterocycles. The standard InChI is InChI=1S/C21H25ClN4O3S/c1-14(27)24-17-7-9-18(10-8-17)30(28,29)26-11-3-6-20(26)21-19(13-23-25-21)15-4-2-5-16(22)12-15/h2,4-5,7-10,12,19-21,23,25H,3,6,11,13H2,1H3,(H,24,27). The second kappa shape index (κ2) is 8.64. The fraction of sp³-hybridized carbons (Fsp3) is 0.381. The third-order valence-corrected chi connectivity index (χ3v) is 7.92. The Bertz CT molecular complexity index is 1030. The van der Waals surface area contributed by atoms with Crippen LogP contribution in [0.4, 0.5) is 5.69 Å². The molecule has 2 aromatic carbocycles. The van der Waals surface area contributed by atoms with E-state index in [1.54, 1.807) is 28.6 Å². The molecule has 3 N–H and O–H groups in total. The molecule has 0 aliphatic carbocycles. The Balaban J connectivity index is 1.58. The summed E-state index contributed by atoms with van der Waals surface area (Å²) in [6.07, 6.45) is 1.61. The van der Waals surface area contributed by atoms with Crippen LogP contribution in [0.3, 0.4) is 0 Å². The number of nitrogens with one attached hydrogen (secondary N) is 3. The molecule has 30 heavy (non-hydrogen) atoms. The number of carbonyl (C=O) groups excluding carboxylic acids is 1. The van der Waals surface area contributed by atoms with Crippen LogP contribution in [-0.2, 0) is 14.8 Å². The molecule has 1 amide bonds. The SMILES string of the molecule is CC(=O)Nc1ccc(S(=O)(=O)N2CCCC2C2NNCC2c2cccc(Cl)c2)cc1. The van der Waals surface area contributed by atoms with Crippen molar-refractivity contribution in [1.29, 1.82) is 0 Å². The molecule has 2 fully saturated rings. The van der Waals surface area contributed by atoms with E-state index in [1.165, 1.54) is 6.92 Å².